The molecule has 0 aromatic carbocycles. The number of fused-ring (bicyclic) bond motifs is 1. The molecule has 1 N–H and O–H groups in total. The Bertz CT molecular complexity index is 768. The van der Waals surface area contributed by atoms with E-state index in [9.17, 15) is 0 Å². The van der Waals surface area contributed by atoms with Crippen molar-refractivity contribution in [2.24, 2.45) is 7.05 Å². The molecule has 3 heterocycles. The molecular weight excluding hydrogens is 264 g/mol. The van der Waals surface area contributed by atoms with Crippen LogP contribution in [0.1, 0.15) is 25.7 Å². The van der Waals surface area contributed by atoms with Crippen molar-refractivity contribution < 1.29 is 4.74 Å². The molecule has 1 aliphatic rings. The lowest BCUT2D eigenvalue weighted by Gasteiger charge is -2.12. The number of aryl methyl sites for hydroxylation is 1. The molecule has 0 unspecified atom stereocenters. The summed E-state index contributed by atoms with van der Waals surface area (Å²) in [6.45, 7) is 0. The highest BCUT2D eigenvalue weighted by Gasteiger charge is 2.17. The lowest BCUT2D eigenvalue weighted by atomic mass is 10.1. The van der Waals surface area contributed by atoms with E-state index in [4.69, 9.17) is 4.74 Å². The Labute approximate surface area is 123 Å². The van der Waals surface area contributed by atoms with Gasteiger partial charge in [0.2, 0.25) is 0 Å². The van der Waals surface area contributed by atoms with Crippen molar-refractivity contribution in [1.29, 1.82) is 0 Å². The highest BCUT2D eigenvalue weighted by atomic mass is 16.5. The fraction of sp³-hybridized carbons (Fsp3) is 0.375. The van der Waals surface area contributed by atoms with Gasteiger partial charge in [0.25, 0.3) is 0 Å². The number of aromatic amines is 1. The third kappa shape index (κ3) is 2.28. The van der Waals surface area contributed by atoms with Gasteiger partial charge in [0.1, 0.15) is 11.4 Å². The molecule has 0 spiro atoms. The summed E-state index contributed by atoms with van der Waals surface area (Å²) in [5.41, 5.74) is 3.08. The Morgan fingerprint density at radius 1 is 1.29 bits per heavy atom. The zero-order valence-corrected chi connectivity index (χ0v) is 12.0. The van der Waals surface area contributed by atoms with E-state index in [1.165, 1.54) is 12.8 Å². The number of pyridine rings is 1. The van der Waals surface area contributed by atoms with E-state index in [0.29, 0.717) is 6.10 Å². The largest absolute Gasteiger partial charge is 0.489 e. The maximum Gasteiger partial charge on any atom is 0.138 e. The molecule has 0 bridgehead atoms. The lowest BCUT2D eigenvalue weighted by molar-refractivity contribution is 0.209. The third-order valence-corrected chi connectivity index (χ3v) is 4.13. The fourth-order valence-electron chi connectivity index (χ4n) is 3.05. The van der Waals surface area contributed by atoms with Gasteiger partial charge in [-0.05, 0) is 31.7 Å². The van der Waals surface area contributed by atoms with Crippen molar-refractivity contribution in [1.82, 2.24) is 19.7 Å². The second-order valence-electron chi connectivity index (χ2n) is 5.70. The summed E-state index contributed by atoms with van der Waals surface area (Å²) in [6, 6.07) is 2.08. The van der Waals surface area contributed by atoms with E-state index in [1.54, 1.807) is 4.68 Å². The van der Waals surface area contributed by atoms with Crippen LogP contribution in [-0.2, 0) is 7.05 Å². The van der Waals surface area contributed by atoms with Gasteiger partial charge in [0, 0.05) is 36.0 Å². The van der Waals surface area contributed by atoms with Crippen molar-refractivity contribution >= 4 is 11.0 Å². The highest BCUT2D eigenvalue weighted by molar-refractivity contribution is 5.93. The Morgan fingerprint density at radius 2 is 2.14 bits per heavy atom. The van der Waals surface area contributed by atoms with Crippen molar-refractivity contribution in [3.8, 4) is 16.9 Å². The molecule has 1 aliphatic carbocycles. The zero-order chi connectivity index (χ0) is 14.2. The smallest absolute Gasteiger partial charge is 0.138 e. The van der Waals surface area contributed by atoms with Crippen molar-refractivity contribution in [2.45, 2.75) is 31.8 Å². The summed E-state index contributed by atoms with van der Waals surface area (Å²) >= 11 is 0. The third-order valence-electron chi connectivity index (χ3n) is 4.13. The van der Waals surface area contributed by atoms with Crippen LogP contribution in [0, 0.1) is 0 Å². The molecule has 0 saturated heterocycles. The quantitative estimate of drug-likeness (QED) is 0.802. The van der Waals surface area contributed by atoms with Crippen LogP contribution in [0.25, 0.3) is 22.2 Å². The average Bonchev–Trinajstić information content (AvgIpc) is 3.19. The van der Waals surface area contributed by atoms with Crippen LogP contribution in [0.5, 0.6) is 5.75 Å². The van der Waals surface area contributed by atoms with Gasteiger partial charge in [-0.1, -0.05) is 0 Å². The van der Waals surface area contributed by atoms with Gasteiger partial charge in [-0.2, -0.15) is 5.10 Å². The molecule has 21 heavy (non-hydrogen) atoms. The lowest BCUT2D eigenvalue weighted by Crippen LogP contribution is -2.10. The van der Waals surface area contributed by atoms with Gasteiger partial charge in [0.15, 0.2) is 0 Å². The normalized spacial score (nSPS) is 15.9. The van der Waals surface area contributed by atoms with E-state index < -0.39 is 0 Å². The van der Waals surface area contributed by atoms with Crippen molar-refractivity contribution in [3.05, 3.63) is 30.9 Å². The summed E-state index contributed by atoms with van der Waals surface area (Å²) in [7, 11) is 1.92. The highest BCUT2D eigenvalue weighted by Crippen LogP contribution is 2.31. The molecule has 0 aliphatic heterocycles. The van der Waals surface area contributed by atoms with Crippen LogP contribution < -0.4 is 4.74 Å². The minimum atomic E-state index is 0.352. The molecular formula is C16H18N4O. The SMILES string of the molecule is Cn1cc(-c2c[nH]c3ncc(OC4CCCC4)cc23)cn1. The Morgan fingerprint density at radius 3 is 2.90 bits per heavy atom. The summed E-state index contributed by atoms with van der Waals surface area (Å²) < 4.78 is 7.86. The predicted octanol–water partition coefficient (Wildman–Crippen LogP) is 3.28. The average molecular weight is 282 g/mol. The van der Waals surface area contributed by atoms with E-state index in [2.05, 4.69) is 21.1 Å². The van der Waals surface area contributed by atoms with Crippen molar-refractivity contribution in [2.75, 3.05) is 0 Å². The van der Waals surface area contributed by atoms with Crippen LogP contribution in [0.15, 0.2) is 30.9 Å². The first-order chi connectivity index (χ1) is 10.3. The van der Waals surface area contributed by atoms with Crippen LogP contribution in [0.4, 0.5) is 0 Å². The maximum absolute atomic E-state index is 6.05. The van der Waals surface area contributed by atoms with Crippen LogP contribution >= 0.6 is 0 Å². The Hall–Kier alpha value is -2.30. The van der Waals surface area contributed by atoms with E-state index >= 15 is 0 Å². The molecule has 108 valence electrons. The summed E-state index contributed by atoms with van der Waals surface area (Å²) in [5.74, 6) is 0.860. The van der Waals surface area contributed by atoms with E-state index in [1.807, 2.05) is 31.8 Å². The molecule has 0 atom stereocenters. The van der Waals surface area contributed by atoms with Crippen LogP contribution in [-0.4, -0.2) is 25.9 Å². The number of nitrogens with zero attached hydrogens (tertiary/aromatic N) is 3. The Balaban J connectivity index is 1.71. The first-order valence-electron chi connectivity index (χ1n) is 7.42. The number of hydrogen-bond donors (Lipinski definition) is 1. The number of ether oxygens (including phenoxy) is 1. The van der Waals surface area contributed by atoms with Gasteiger partial charge < -0.3 is 9.72 Å². The Kier molecular flexibility index (Phi) is 2.91. The second kappa shape index (κ2) is 4.91. The van der Waals surface area contributed by atoms with Crippen LogP contribution in [0.3, 0.4) is 0 Å². The molecule has 5 nitrogen and oxygen atoms in total. The van der Waals surface area contributed by atoms with Gasteiger partial charge in [-0.3, -0.25) is 4.68 Å². The zero-order valence-electron chi connectivity index (χ0n) is 12.0. The number of aromatic nitrogens is 4. The summed E-state index contributed by atoms with van der Waals surface area (Å²) in [5, 5.41) is 5.32. The molecule has 3 aromatic rings. The first kappa shape index (κ1) is 12.4. The number of rotatable bonds is 3. The molecule has 1 fully saturated rings. The molecule has 0 radical (unpaired) electrons. The predicted molar refractivity (Wildman–Crippen MR) is 81.2 cm³/mol. The maximum atomic E-state index is 6.05. The van der Waals surface area contributed by atoms with Gasteiger partial charge in [-0.15, -0.1) is 0 Å². The second-order valence-corrected chi connectivity index (χ2v) is 5.70. The summed E-state index contributed by atoms with van der Waals surface area (Å²) in [4.78, 5) is 7.68. The monoisotopic (exact) mass is 282 g/mol. The van der Waals surface area contributed by atoms with Crippen molar-refractivity contribution in [3.63, 3.8) is 0 Å². The molecule has 0 amide bonds. The van der Waals surface area contributed by atoms with E-state index in [0.717, 1.165) is 40.8 Å². The van der Waals surface area contributed by atoms with Gasteiger partial charge >= 0.3 is 0 Å². The minimum absolute atomic E-state index is 0.352. The first-order valence-corrected chi connectivity index (χ1v) is 7.42. The summed E-state index contributed by atoms with van der Waals surface area (Å²) in [6.07, 6.45) is 12.9. The molecule has 5 heteroatoms. The van der Waals surface area contributed by atoms with E-state index in [-0.39, 0.29) is 0 Å². The number of hydrogen-bond acceptors (Lipinski definition) is 3. The van der Waals surface area contributed by atoms with Crippen LogP contribution in [0.2, 0.25) is 0 Å². The molecule has 3 aromatic heterocycles. The minimum Gasteiger partial charge on any atom is -0.489 e. The molecule has 4 rings (SSSR count). The van der Waals surface area contributed by atoms with Gasteiger partial charge in [0.05, 0.1) is 18.5 Å². The number of H-pyrrole nitrogens is 1. The topological polar surface area (TPSA) is 55.7 Å². The van der Waals surface area contributed by atoms with Gasteiger partial charge in [-0.25, -0.2) is 4.98 Å². The fourth-order valence-corrected chi connectivity index (χ4v) is 3.05. The standard InChI is InChI=1S/C16H18N4O/c1-20-10-11(7-19-20)15-9-18-16-14(15)6-13(8-17-16)21-12-4-2-3-5-12/h6-10,12H,2-5H2,1H3,(H,17,18). The number of nitrogens with one attached hydrogen (secondary N) is 1. The molecule has 1 saturated carbocycles.